The topological polar surface area (TPSA) is 74.4 Å². The number of nitrogens with one attached hydrogen (secondary N) is 1. The maximum atomic E-state index is 12.5. The average Bonchev–Trinajstić information content (AvgIpc) is 2.68. The number of hydrogen-bond acceptors (Lipinski definition) is 6. The smallest absolute Gasteiger partial charge is 0.243 e. The van der Waals surface area contributed by atoms with Crippen molar-refractivity contribution in [3.63, 3.8) is 0 Å². The van der Waals surface area contributed by atoms with Crippen LogP contribution in [0.1, 0.15) is 13.8 Å². The summed E-state index contributed by atoms with van der Waals surface area (Å²) in [5.41, 5.74) is 1.84. The maximum Gasteiger partial charge on any atom is 0.243 e. The molecule has 0 radical (unpaired) electrons. The minimum absolute atomic E-state index is 0.0273. The van der Waals surface area contributed by atoms with Crippen molar-refractivity contribution < 1.29 is 19.1 Å². The molecule has 1 aromatic rings. The van der Waals surface area contributed by atoms with Crippen LogP contribution in [-0.4, -0.2) is 93.4 Å². The molecule has 2 amide bonds. The highest BCUT2D eigenvalue weighted by Crippen LogP contribution is 2.19. The van der Waals surface area contributed by atoms with Crippen molar-refractivity contribution in [1.29, 1.82) is 0 Å². The van der Waals surface area contributed by atoms with Crippen molar-refractivity contribution in [1.82, 2.24) is 9.80 Å². The predicted molar refractivity (Wildman–Crippen MR) is 112 cm³/mol. The summed E-state index contributed by atoms with van der Waals surface area (Å²) in [6.45, 7) is 9.02. The third-order valence-electron chi connectivity index (χ3n) is 5.19. The van der Waals surface area contributed by atoms with Crippen LogP contribution in [0.5, 0.6) is 0 Å². The van der Waals surface area contributed by atoms with Gasteiger partial charge in [-0.25, -0.2) is 0 Å². The molecule has 1 aromatic carbocycles. The molecular weight excluding hydrogens is 372 g/mol. The number of morpholine rings is 2. The zero-order valence-corrected chi connectivity index (χ0v) is 17.6. The second-order valence-electron chi connectivity index (χ2n) is 7.90. The van der Waals surface area contributed by atoms with Crippen molar-refractivity contribution in [2.45, 2.75) is 26.1 Å². The molecule has 8 nitrogen and oxygen atoms in total. The Hall–Kier alpha value is -2.16. The first kappa shape index (κ1) is 21.5. The molecule has 160 valence electrons. The fourth-order valence-corrected chi connectivity index (χ4v) is 3.81. The maximum absolute atomic E-state index is 12.5. The Morgan fingerprint density at radius 3 is 2.34 bits per heavy atom. The van der Waals surface area contributed by atoms with Crippen LogP contribution in [-0.2, 0) is 19.1 Å². The molecule has 2 heterocycles. The zero-order valence-electron chi connectivity index (χ0n) is 17.6. The highest BCUT2D eigenvalue weighted by molar-refractivity contribution is 5.94. The van der Waals surface area contributed by atoms with E-state index in [4.69, 9.17) is 9.47 Å². The lowest BCUT2D eigenvalue weighted by atomic mass is 10.2. The standard InChI is InChI=1S/C21H32N4O4/c1-16-12-24(13-17(2)29-16)15-21(27)23(3)14-20(26)22-18-4-6-19(7-5-18)25-8-10-28-11-9-25/h4-7,16-17H,8-15H2,1-3H3,(H,22,26)/t16-,17+. The molecule has 0 aliphatic carbocycles. The lowest BCUT2D eigenvalue weighted by Gasteiger charge is -2.35. The van der Waals surface area contributed by atoms with Crippen molar-refractivity contribution in [3.05, 3.63) is 24.3 Å². The molecule has 2 atom stereocenters. The Kier molecular flexibility index (Phi) is 7.46. The molecule has 0 aromatic heterocycles. The van der Waals surface area contributed by atoms with E-state index in [9.17, 15) is 9.59 Å². The molecule has 1 N–H and O–H groups in total. The Labute approximate surface area is 172 Å². The van der Waals surface area contributed by atoms with Gasteiger partial charge in [-0.05, 0) is 38.1 Å². The van der Waals surface area contributed by atoms with Crippen LogP contribution < -0.4 is 10.2 Å². The molecule has 0 saturated carbocycles. The third kappa shape index (κ3) is 6.42. The molecule has 2 saturated heterocycles. The Morgan fingerprint density at radius 2 is 1.72 bits per heavy atom. The molecule has 2 fully saturated rings. The summed E-state index contributed by atoms with van der Waals surface area (Å²) in [6, 6.07) is 7.77. The van der Waals surface area contributed by atoms with Gasteiger partial charge in [-0.15, -0.1) is 0 Å². The molecule has 8 heteroatoms. The van der Waals surface area contributed by atoms with Crippen LogP contribution in [0.25, 0.3) is 0 Å². The van der Waals surface area contributed by atoms with Gasteiger partial charge in [0, 0.05) is 44.6 Å². The number of carbonyl (C=O) groups excluding carboxylic acids is 2. The number of nitrogens with zero attached hydrogens (tertiary/aromatic N) is 3. The van der Waals surface area contributed by atoms with Gasteiger partial charge in [-0.1, -0.05) is 0 Å². The number of hydrogen-bond donors (Lipinski definition) is 1. The number of ether oxygens (including phenoxy) is 2. The minimum Gasteiger partial charge on any atom is -0.378 e. The molecule has 29 heavy (non-hydrogen) atoms. The van der Waals surface area contributed by atoms with E-state index in [0.29, 0.717) is 6.54 Å². The molecule has 0 unspecified atom stereocenters. The van der Waals surface area contributed by atoms with Gasteiger partial charge in [0.05, 0.1) is 38.5 Å². The van der Waals surface area contributed by atoms with Gasteiger partial charge < -0.3 is 24.6 Å². The van der Waals surface area contributed by atoms with Gasteiger partial charge in [-0.2, -0.15) is 0 Å². The first-order valence-corrected chi connectivity index (χ1v) is 10.2. The van der Waals surface area contributed by atoms with E-state index < -0.39 is 0 Å². The summed E-state index contributed by atoms with van der Waals surface area (Å²) < 4.78 is 11.1. The Morgan fingerprint density at radius 1 is 1.10 bits per heavy atom. The summed E-state index contributed by atoms with van der Waals surface area (Å²) >= 11 is 0. The predicted octanol–water partition coefficient (Wildman–Crippen LogP) is 1.03. The molecule has 2 aliphatic rings. The number of anilines is 2. The van der Waals surface area contributed by atoms with Gasteiger partial charge >= 0.3 is 0 Å². The number of carbonyl (C=O) groups is 2. The van der Waals surface area contributed by atoms with Gasteiger partial charge in [0.25, 0.3) is 0 Å². The van der Waals surface area contributed by atoms with E-state index in [-0.39, 0.29) is 30.6 Å². The van der Waals surface area contributed by atoms with E-state index in [0.717, 1.165) is 50.8 Å². The van der Waals surface area contributed by atoms with Crippen LogP contribution in [0.15, 0.2) is 24.3 Å². The summed E-state index contributed by atoms with van der Waals surface area (Å²) in [4.78, 5) is 30.6. The third-order valence-corrected chi connectivity index (χ3v) is 5.19. The second-order valence-corrected chi connectivity index (χ2v) is 7.90. The zero-order chi connectivity index (χ0) is 20.8. The van der Waals surface area contributed by atoms with Gasteiger partial charge in [-0.3, -0.25) is 14.5 Å². The lowest BCUT2D eigenvalue weighted by molar-refractivity contribution is -0.137. The lowest BCUT2D eigenvalue weighted by Crippen LogP contribution is -2.50. The fourth-order valence-electron chi connectivity index (χ4n) is 3.81. The molecule has 3 rings (SSSR count). The van der Waals surface area contributed by atoms with Crippen LogP contribution in [0.3, 0.4) is 0 Å². The molecular formula is C21H32N4O4. The van der Waals surface area contributed by atoms with Gasteiger partial charge in [0.1, 0.15) is 0 Å². The van der Waals surface area contributed by atoms with Crippen molar-refractivity contribution >= 4 is 23.2 Å². The number of benzene rings is 1. The second kappa shape index (κ2) is 10.0. The van der Waals surface area contributed by atoms with E-state index in [1.807, 2.05) is 38.1 Å². The van der Waals surface area contributed by atoms with Crippen molar-refractivity contribution in [2.75, 3.05) is 69.7 Å². The Balaban J connectivity index is 1.45. The highest BCUT2D eigenvalue weighted by atomic mass is 16.5. The van der Waals surface area contributed by atoms with Crippen LogP contribution in [0.2, 0.25) is 0 Å². The average molecular weight is 405 g/mol. The first-order chi connectivity index (χ1) is 13.9. The van der Waals surface area contributed by atoms with Gasteiger partial charge in [0.2, 0.25) is 11.8 Å². The molecule has 0 bridgehead atoms. The number of amides is 2. The van der Waals surface area contributed by atoms with Gasteiger partial charge in [0.15, 0.2) is 0 Å². The summed E-state index contributed by atoms with van der Waals surface area (Å²) in [5.74, 6) is -0.271. The van der Waals surface area contributed by atoms with Crippen LogP contribution >= 0.6 is 0 Å². The van der Waals surface area contributed by atoms with E-state index in [1.54, 1.807) is 7.05 Å². The van der Waals surface area contributed by atoms with Crippen LogP contribution in [0.4, 0.5) is 11.4 Å². The summed E-state index contributed by atoms with van der Waals surface area (Å²) in [6.07, 6.45) is 0.223. The summed E-state index contributed by atoms with van der Waals surface area (Å²) in [7, 11) is 1.66. The normalized spacial score (nSPS) is 22.9. The van der Waals surface area contributed by atoms with E-state index >= 15 is 0 Å². The minimum atomic E-state index is -0.205. The van der Waals surface area contributed by atoms with Crippen LogP contribution in [0, 0.1) is 0 Å². The Bertz CT molecular complexity index is 680. The summed E-state index contributed by atoms with van der Waals surface area (Å²) in [5, 5.41) is 2.87. The molecule has 0 spiro atoms. The number of likely N-dealkylation sites (N-methyl/N-ethyl adjacent to an activating group) is 1. The number of rotatable bonds is 6. The van der Waals surface area contributed by atoms with Crippen molar-refractivity contribution in [3.8, 4) is 0 Å². The quantitative estimate of drug-likeness (QED) is 0.763. The SMILES string of the molecule is C[C@@H]1CN(CC(=O)N(C)CC(=O)Nc2ccc(N3CCOCC3)cc2)C[C@H](C)O1. The fraction of sp³-hybridized carbons (Fsp3) is 0.619. The monoisotopic (exact) mass is 404 g/mol. The highest BCUT2D eigenvalue weighted by Gasteiger charge is 2.25. The van der Waals surface area contributed by atoms with E-state index in [1.165, 1.54) is 4.90 Å². The largest absolute Gasteiger partial charge is 0.378 e. The van der Waals surface area contributed by atoms with E-state index in [2.05, 4.69) is 15.1 Å². The van der Waals surface area contributed by atoms with Crippen molar-refractivity contribution in [2.24, 2.45) is 0 Å². The molecule has 2 aliphatic heterocycles. The first-order valence-electron chi connectivity index (χ1n) is 10.2.